The average Bonchev–Trinajstić information content (AvgIpc) is 3.30. The number of nitrogens with zero attached hydrogens (tertiary/aromatic N) is 2. The number of hydrogen-bond acceptors (Lipinski definition) is 4. The molecule has 1 amide bonds. The van der Waals surface area contributed by atoms with E-state index in [9.17, 15) is 4.79 Å². The molecule has 0 spiro atoms. The Balaban J connectivity index is 0.00000341. The van der Waals surface area contributed by atoms with E-state index in [0.717, 1.165) is 50.7 Å². The van der Waals surface area contributed by atoms with Crippen molar-refractivity contribution in [2.45, 2.75) is 25.8 Å². The molecule has 1 fully saturated rings. The van der Waals surface area contributed by atoms with Crippen LogP contribution in [0.25, 0.3) is 0 Å². The standard InChI is InChI=1S/C23H33N5OS.HI/c1-24-22(29)20-6-3-5-18(15-20)8-11-26-23(25-2)27-16-19-9-12-28(13-10-19)17-21-7-4-14-30-21;/h3-7,14-15,19H,8-13,16-17H2,1-2H3,(H,24,29)(H2,25,26,27);1H. The third-order valence-electron chi connectivity index (χ3n) is 5.57. The fourth-order valence-corrected chi connectivity index (χ4v) is 4.52. The monoisotopic (exact) mass is 555 g/mol. The third-order valence-corrected chi connectivity index (χ3v) is 6.43. The quantitative estimate of drug-likeness (QED) is 0.266. The lowest BCUT2D eigenvalue weighted by atomic mass is 9.97. The lowest BCUT2D eigenvalue weighted by Crippen LogP contribution is -2.43. The number of likely N-dealkylation sites (tertiary alicyclic amines) is 1. The van der Waals surface area contributed by atoms with Gasteiger partial charge in [0.15, 0.2) is 5.96 Å². The largest absolute Gasteiger partial charge is 0.356 e. The van der Waals surface area contributed by atoms with Gasteiger partial charge in [0.05, 0.1) is 0 Å². The Labute approximate surface area is 206 Å². The van der Waals surface area contributed by atoms with Crippen LogP contribution in [0.3, 0.4) is 0 Å². The second kappa shape index (κ2) is 13.7. The normalized spacial score (nSPS) is 15.2. The van der Waals surface area contributed by atoms with Crippen LogP contribution in [0.5, 0.6) is 0 Å². The average molecular weight is 556 g/mol. The van der Waals surface area contributed by atoms with E-state index in [2.05, 4.69) is 43.4 Å². The van der Waals surface area contributed by atoms with Gasteiger partial charge in [-0.15, -0.1) is 35.3 Å². The van der Waals surface area contributed by atoms with E-state index in [1.54, 1.807) is 7.05 Å². The number of piperidine rings is 1. The minimum atomic E-state index is -0.0521. The van der Waals surface area contributed by atoms with Crippen LogP contribution in [0.2, 0.25) is 0 Å². The zero-order valence-corrected chi connectivity index (χ0v) is 21.5. The summed E-state index contributed by atoms with van der Waals surface area (Å²) >= 11 is 1.85. The van der Waals surface area contributed by atoms with Gasteiger partial charge in [-0.25, -0.2) is 0 Å². The van der Waals surface area contributed by atoms with Gasteiger partial charge < -0.3 is 16.0 Å². The molecule has 1 aromatic carbocycles. The van der Waals surface area contributed by atoms with E-state index in [1.807, 2.05) is 42.6 Å². The topological polar surface area (TPSA) is 68.8 Å². The molecule has 8 heteroatoms. The molecular formula is C23H34IN5OS. The number of amides is 1. The zero-order chi connectivity index (χ0) is 21.2. The van der Waals surface area contributed by atoms with Crippen molar-refractivity contribution >= 4 is 47.2 Å². The summed E-state index contributed by atoms with van der Waals surface area (Å²) in [7, 11) is 3.46. The summed E-state index contributed by atoms with van der Waals surface area (Å²) in [4.78, 5) is 20.1. The molecule has 0 saturated carbocycles. The highest BCUT2D eigenvalue weighted by Crippen LogP contribution is 2.20. The molecule has 1 aromatic heterocycles. The van der Waals surface area contributed by atoms with Gasteiger partial charge >= 0.3 is 0 Å². The molecule has 6 nitrogen and oxygen atoms in total. The van der Waals surface area contributed by atoms with Gasteiger partial charge in [0.2, 0.25) is 0 Å². The van der Waals surface area contributed by atoms with Gasteiger partial charge in [0.25, 0.3) is 5.91 Å². The summed E-state index contributed by atoms with van der Waals surface area (Å²) in [6.45, 7) is 5.15. The number of thiophene rings is 1. The molecule has 0 aliphatic carbocycles. The van der Waals surface area contributed by atoms with Crippen LogP contribution < -0.4 is 16.0 Å². The van der Waals surface area contributed by atoms with Crippen molar-refractivity contribution in [1.29, 1.82) is 0 Å². The Morgan fingerprint density at radius 1 is 1.19 bits per heavy atom. The minimum Gasteiger partial charge on any atom is -0.356 e. The number of guanidine groups is 1. The fourth-order valence-electron chi connectivity index (χ4n) is 3.77. The molecule has 0 unspecified atom stereocenters. The van der Waals surface area contributed by atoms with Gasteiger partial charge in [-0.3, -0.25) is 14.7 Å². The van der Waals surface area contributed by atoms with Crippen LogP contribution in [0.15, 0.2) is 46.8 Å². The molecule has 2 aromatic rings. The van der Waals surface area contributed by atoms with Crippen molar-refractivity contribution in [2.75, 3.05) is 40.3 Å². The van der Waals surface area contributed by atoms with Crippen molar-refractivity contribution in [3.05, 3.63) is 57.8 Å². The maximum absolute atomic E-state index is 11.8. The van der Waals surface area contributed by atoms with E-state index in [1.165, 1.54) is 17.7 Å². The van der Waals surface area contributed by atoms with E-state index in [4.69, 9.17) is 0 Å². The predicted molar refractivity (Wildman–Crippen MR) is 141 cm³/mol. The van der Waals surface area contributed by atoms with Gasteiger partial charge in [0, 0.05) is 44.2 Å². The third kappa shape index (κ3) is 8.42. The maximum atomic E-state index is 11.8. The second-order valence-corrected chi connectivity index (χ2v) is 8.74. The van der Waals surface area contributed by atoms with E-state index < -0.39 is 0 Å². The van der Waals surface area contributed by atoms with Crippen molar-refractivity contribution in [2.24, 2.45) is 10.9 Å². The number of carbonyl (C=O) groups excluding carboxylic acids is 1. The van der Waals surface area contributed by atoms with Crippen molar-refractivity contribution in [3.8, 4) is 0 Å². The van der Waals surface area contributed by atoms with Gasteiger partial charge in [-0.1, -0.05) is 18.2 Å². The van der Waals surface area contributed by atoms with Crippen molar-refractivity contribution < 1.29 is 4.79 Å². The molecule has 1 aliphatic heterocycles. The summed E-state index contributed by atoms with van der Waals surface area (Å²) in [6, 6.07) is 12.1. The van der Waals surface area contributed by atoms with Crippen LogP contribution in [0, 0.1) is 5.92 Å². The number of hydrogen-bond donors (Lipinski definition) is 3. The van der Waals surface area contributed by atoms with Gasteiger partial charge in [-0.2, -0.15) is 0 Å². The van der Waals surface area contributed by atoms with Crippen molar-refractivity contribution in [3.63, 3.8) is 0 Å². The summed E-state index contributed by atoms with van der Waals surface area (Å²) in [6.07, 6.45) is 3.29. The maximum Gasteiger partial charge on any atom is 0.251 e. The highest BCUT2D eigenvalue weighted by Gasteiger charge is 2.19. The van der Waals surface area contributed by atoms with Crippen LogP contribution in [-0.2, 0) is 13.0 Å². The molecule has 31 heavy (non-hydrogen) atoms. The fraction of sp³-hybridized carbons (Fsp3) is 0.478. The Kier molecular flexibility index (Phi) is 11.3. The molecule has 3 N–H and O–H groups in total. The SMILES string of the molecule is CN=C(NCCc1cccc(C(=O)NC)c1)NCC1CCN(Cc2cccs2)CC1.I. The first kappa shape index (κ1) is 25.6. The number of halogens is 1. The molecule has 2 heterocycles. The molecule has 0 radical (unpaired) electrons. The smallest absolute Gasteiger partial charge is 0.251 e. The highest BCUT2D eigenvalue weighted by atomic mass is 127. The highest BCUT2D eigenvalue weighted by molar-refractivity contribution is 14.0. The summed E-state index contributed by atoms with van der Waals surface area (Å²) in [5.74, 6) is 1.48. The Hall–Kier alpha value is -1.65. The predicted octanol–water partition coefficient (Wildman–Crippen LogP) is 3.35. The number of nitrogens with one attached hydrogen (secondary N) is 3. The molecule has 1 saturated heterocycles. The minimum absolute atomic E-state index is 0. The van der Waals surface area contributed by atoms with Crippen LogP contribution >= 0.6 is 35.3 Å². The lowest BCUT2D eigenvalue weighted by Gasteiger charge is -2.32. The number of aliphatic imine (C=N–C) groups is 1. The molecule has 3 rings (SSSR count). The Morgan fingerprint density at radius 3 is 2.68 bits per heavy atom. The zero-order valence-electron chi connectivity index (χ0n) is 18.4. The number of benzene rings is 1. The van der Waals surface area contributed by atoms with Crippen molar-refractivity contribution in [1.82, 2.24) is 20.9 Å². The molecule has 0 atom stereocenters. The van der Waals surface area contributed by atoms with E-state index in [-0.39, 0.29) is 29.9 Å². The lowest BCUT2D eigenvalue weighted by molar-refractivity contribution is 0.0963. The van der Waals surface area contributed by atoms with Gasteiger partial charge in [0.1, 0.15) is 0 Å². The molecule has 0 bridgehead atoms. The first-order valence-electron chi connectivity index (χ1n) is 10.7. The van der Waals surface area contributed by atoms with Gasteiger partial charge in [-0.05, 0) is 67.4 Å². The number of rotatable bonds is 8. The molecular weight excluding hydrogens is 521 g/mol. The Bertz CT molecular complexity index is 819. The first-order chi connectivity index (χ1) is 14.7. The Morgan fingerprint density at radius 2 is 2.00 bits per heavy atom. The van der Waals surface area contributed by atoms with E-state index in [0.29, 0.717) is 11.5 Å². The first-order valence-corrected chi connectivity index (χ1v) is 11.6. The molecule has 1 aliphatic rings. The summed E-state index contributed by atoms with van der Waals surface area (Å²) in [5.41, 5.74) is 1.83. The second-order valence-electron chi connectivity index (χ2n) is 7.71. The van der Waals surface area contributed by atoms with E-state index >= 15 is 0 Å². The van der Waals surface area contributed by atoms with Crippen LogP contribution in [0.1, 0.15) is 33.6 Å². The summed E-state index contributed by atoms with van der Waals surface area (Å²) < 4.78 is 0. The number of carbonyl (C=O) groups is 1. The van der Waals surface area contributed by atoms with Crippen LogP contribution in [0.4, 0.5) is 0 Å². The molecule has 170 valence electrons. The summed E-state index contributed by atoms with van der Waals surface area (Å²) in [5, 5.41) is 11.7. The van der Waals surface area contributed by atoms with Crippen LogP contribution in [-0.4, -0.2) is 57.0 Å².